The van der Waals surface area contributed by atoms with Crippen molar-refractivity contribution in [3.05, 3.63) is 33.9 Å². The van der Waals surface area contributed by atoms with Crippen molar-refractivity contribution in [3.63, 3.8) is 0 Å². The smallest absolute Gasteiger partial charge is 0.316 e. The highest BCUT2D eigenvalue weighted by molar-refractivity contribution is 6.28. The molecule has 1 heterocycles. The van der Waals surface area contributed by atoms with Gasteiger partial charge in [0.2, 0.25) is 5.28 Å². The summed E-state index contributed by atoms with van der Waals surface area (Å²) in [5.74, 6) is 0.105. The van der Waals surface area contributed by atoms with Crippen LogP contribution in [0.2, 0.25) is 5.28 Å². The first kappa shape index (κ1) is 11.4. The second-order valence-corrected chi connectivity index (χ2v) is 2.82. The molecule has 0 aliphatic rings. The molecule has 0 fully saturated rings. The summed E-state index contributed by atoms with van der Waals surface area (Å²) < 4.78 is 5.03. The Morgan fingerprint density at radius 1 is 1.80 bits per heavy atom. The second-order valence-electron chi connectivity index (χ2n) is 2.49. The molecule has 0 spiro atoms. The monoisotopic (exact) mass is 229 g/mol. The third-order valence-electron chi connectivity index (χ3n) is 1.52. The van der Waals surface area contributed by atoms with Gasteiger partial charge in [-0.2, -0.15) is 0 Å². The molecular formula is C8H8ClN3O3. The van der Waals surface area contributed by atoms with Gasteiger partial charge < -0.3 is 4.74 Å². The molecular weight excluding hydrogens is 222 g/mol. The summed E-state index contributed by atoms with van der Waals surface area (Å²) >= 11 is 5.52. The molecule has 1 aromatic rings. The highest BCUT2D eigenvalue weighted by atomic mass is 35.5. The number of halogens is 1. The summed E-state index contributed by atoms with van der Waals surface area (Å²) in [7, 11) is 0. The molecule has 0 aromatic carbocycles. The van der Waals surface area contributed by atoms with Crippen molar-refractivity contribution in [2.45, 2.75) is 6.92 Å². The van der Waals surface area contributed by atoms with Crippen LogP contribution in [0.3, 0.4) is 0 Å². The van der Waals surface area contributed by atoms with Crippen molar-refractivity contribution in [1.29, 1.82) is 0 Å². The molecule has 0 unspecified atom stereocenters. The molecule has 6 nitrogen and oxygen atoms in total. The highest BCUT2D eigenvalue weighted by Gasteiger charge is 2.20. The van der Waals surface area contributed by atoms with Gasteiger partial charge >= 0.3 is 5.69 Å². The van der Waals surface area contributed by atoms with Crippen LogP contribution >= 0.6 is 11.6 Å². The van der Waals surface area contributed by atoms with Gasteiger partial charge in [-0.15, -0.1) is 0 Å². The first-order valence-corrected chi connectivity index (χ1v) is 4.43. The lowest BCUT2D eigenvalue weighted by Crippen LogP contribution is -2.01. The minimum atomic E-state index is -0.615. The number of rotatable bonds is 4. The van der Waals surface area contributed by atoms with Crippen LogP contribution in [0.4, 0.5) is 5.69 Å². The van der Waals surface area contributed by atoms with Gasteiger partial charge in [-0.3, -0.25) is 10.1 Å². The molecule has 0 bridgehead atoms. The minimum Gasteiger partial charge on any atom is -0.492 e. The lowest BCUT2D eigenvalue weighted by Gasteiger charge is -2.05. The maximum absolute atomic E-state index is 10.6. The first-order chi connectivity index (χ1) is 7.06. The van der Waals surface area contributed by atoms with Crippen LogP contribution in [0.25, 0.3) is 5.76 Å². The Balaban J connectivity index is 3.18. The number of nitro groups is 1. The van der Waals surface area contributed by atoms with Gasteiger partial charge in [0.1, 0.15) is 12.0 Å². The summed E-state index contributed by atoms with van der Waals surface area (Å²) in [5.41, 5.74) is -0.278. The Kier molecular flexibility index (Phi) is 3.56. The zero-order valence-corrected chi connectivity index (χ0v) is 8.69. The molecule has 7 heteroatoms. The van der Waals surface area contributed by atoms with E-state index in [1.54, 1.807) is 6.92 Å². The van der Waals surface area contributed by atoms with Crippen LogP contribution in [-0.2, 0) is 4.74 Å². The Hall–Kier alpha value is -1.69. The van der Waals surface area contributed by atoms with E-state index in [1.807, 2.05) is 0 Å². The Labute approximate surface area is 90.7 Å². The van der Waals surface area contributed by atoms with Crippen LogP contribution in [0.15, 0.2) is 12.8 Å². The summed E-state index contributed by atoms with van der Waals surface area (Å²) in [6, 6.07) is 0. The van der Waals surface area contributed by atoms with Gasteiger partial charge in [0, 0.05) is 0 Å². The average molecular weight is 230 g/mol. The molecule has 0 radical (unpaired) electrons. The molecule has 0 aliphatic carbocycles. The van der Waals surface area contributed by atoms with Gasteiger partial charge in [0.15, 0.2) is 5.69 Å². The van der Waals surface area contributed by atoms with E-state index in [-0.39, 0.29) is 22.4 Å². The van der Waals surface area contributed by atoms with Crippen molar-refractivity contribution in [2.24, 2.45) is 0 Å². The molecule has 15 heavy (non-hydrogen) atoms. The van der Waals surface area contributed by atoms with Crippen molar-refractivity contribution in [1.82, 2.24) is 9.97 Å². The molecule has 0 N–H and O–H groups in total. The molecule has 0 saturated carbocycles. The third-order valence-corrected chi connectivity index (χ3v) is 1.70. The lowest BCUT2D eigenvalue weighted by atomic mass is 10.3. The summed E-state index contributed by atoms with van der Waals surface area (Å²) in [4.78, 5) is 17.2. The summed E-state index contributed by atoms with van der Waals surface area (Å²) in [6.07, 6.45) is 1.02. The van der Waals surface area contributed by atoms with E-state index in [2.05, 4.69) is 16.5 Å². The fourth-order valence-corrected chi connectivity index (χ4v) is 1.07. The lowest BCUT2D eigenvalue weighted by molar-refractivity contribution is -0.385. The maximum atomic E-state index is 10.6. The molecule has 0 aliphatic heterocycles. The Morgan fingerprint density at radius 2 is 2.47 bits per heavy atom. The minimum absolute atomic E-state index is 0.00171. The fourth-order valence-electron chi connectivity index (χ4n) is 0.935. The van der Waals surface area contributed by atoms with Crippen LogP contribution in [-0.4, -0.2) is 21.5 Å². The predicted octanol–water partition coefficient (Wildman–Crippen LogP) is 2.05. The standard InChI is InChI=1S/C8H8ClN3O3/c1-3-15-5(2)7-6(12(13)14)4-10-8(9)11-7/h4H,2-3H2,1H3. The van der Waals surface area contributed by atoms with Crippen molar-refractivity contribution < 1.29 is 9.66 Å². The fraction of sp³-hybridized carbons (Fsp3) is 0.250. The number of aromatic nitrogens is 2. The second kappa shape index (κ2) is 4.70. The van der Waals surface area contributed by atoms with E-state index in [0.29, 0.717) is 6.61 Å². The van der Waals surface area contributed by atoms with Crippen LogP contribution < -0.4 is 0 Å². The van der Waals surface area contributed by atoms with E-state index in [4.69, 9.17) is 16.3 Å². The predicted molar refractivity (Wildman–Crippen MR) is 54.4 cm³/mol. The van der Waals surface area contributed by atoms with Gasteiger partial charge in [0.05, 0.1) is 11.5 Å². The largest absolute Gasteiger partial charge is 0.492 e. The molecule has 1 rings (SSSR count). The van der Waals surface area contributed by atoms with Gasteiger partial charge in [0.25, 0.3) is 0 Å². The van der Waals surface area contributed by atoms with Gasteiger partial charge in [-0.1, -0.05) is 6.58 Å². The van der Waals surface area contributed by atoms with E-state index in [9.17, 15) is 10.1 Å². The molecule has 0 saturated heterocycles. The number of ether oxygens (including phenoxy) is 1. The van der Waals surface area contributed by atoms with Crippen molar-refractivity contribution in [3.8, 4) is 0 Å². The van der Waals surface area contributed by atoms with Gasteiger partial charge in [-0.25, -0.2) is 9.97 Å². The highest BCUT2D eigenvalue weighted by Crippen LogP contribution is 2.23. The Bertz CT molecular complexity index is 408. The van der Waals surface area contributed by atoms with Gasteiger partial charge in [-0.05, 0) is 18.5 Å². The van der Waals surface area contributed by atoms with Crippen LogP contribution in [0, 0.1) is 10.1 Å². The molecule has 0 amide bonds. The van der Waals surface area contributed by atoms with E-state index < -0.39 is 4.92 Å². The number of nitrogens with zero attached hydrogens (tertiary/aromatic N) is 3. The van der Waals surface area contributed by atoms with E-state index in [0.717, 1.165) is 6.20 Å². The normalized spacial score (nSPS) is 9.73. The quantitative estimate of drug-likeness (QED) is 0.342. The van der Waals surface area contributed by atoms with E-state index in [1.165, 1.54) is 0 Å². The van der Waals surface area contributed by atoms with E-state index >= 15 is 0 Å². The van der Waals surface area contributed by atoms with Crippen molar-refractivity contribution >= 4 is 23.0 Å². The third kappa shape index (κ3) is 2.63. The summed E-state index contributed by atoms with van der Waals surface area (Å²) in [6.45, 7) is 5.60. The SMILES string of the molecule is C=C(OCC)c1nc(Cl)ncc1[N+](=O)[O-]. The zero-order chi connectivity index (χ0) is 11.4. The molecule has 0 atom stereocenters. The first-order valence-electron chi connectivity index (χ1n) is 4.05. The summed E-state index contributed by atoms with van der Waals surface area (Å²) in [5, 5.41) is 10.5. The zero-order valence-electron chi connectivity index (χ0n) is 7.94. The van der Waals surface area contributed by atoms with Crippen LogP contribution in [0.5, 0.6) is 0 Å². The average Bonchev–Trinajstić information content (AvgIpc) is 2.17. The van der Waals surface area contributed by atoms with Crippen LogP contribution in [0.1, 0.15) is 12.6 Å². The number of hydrogen-bond donors (Lipinski definition) is 0. The topological polar surface area (TPSA) is 78.2 Å². The van der Waals surface area contributed by atoms with Crippen molar-refractivity contribution in [2.75, 3.05) is 6.61 Å². The number of hydrogen-bond acceptors (Lipinski definition) is 5. The molecule has 80 valence electrons. The molecule has 1 aromatic heterocycles. The Morgan fingerprint density at radius 3 is 3.00 bits per heavy atom. The maximum Gasteiger partial charge on any atom is 0.316 e.